The summed E-state index contributed by atoms with van der Waals surface area (Å²) in [6.07, 6.45) is 2.77. The van der Waals surface area contributed by atoms with Gasteiger partial charge in [0.2, 0.25) is 0 Å². The summed E-state index contributed by atoms with van der Waals surface area (Å²) in [5.74, 6) is 0.381. The molecule has 0 spiro atoms. The number of rotatable bonds is 4. The number of hydrogen-bond acceptors (Lipinski definition) is 4. The Bertz CT molecular complexity index is 825. The van der Waals surface area contributed by atoms with Gasteiger partial charge in [-0.1, -0.05) is 36.4 Å². The lowest BCUT2D eigenvalue weighted by molar-refractivity contribution is 0.120. The molecule has 0 aliphatic carbocycles. The molecule has 0 saturated carbocycles. The number of aliphatic hydroxyl groups is 2. The summed E-state index contributed by atoms with van der Waals surface area (Å²) in [6, 6.07) is 9.39. The zero-order valence-electron chi connectivity index (χ0n) is 13.7. The van der Waals surface area contributed by atoms with Crippen molar-refractivity contribution in [3.63, 3.8) is 0 Å². The van der Waals surface area contributed by atoms with Gasteiger partial charge in [0.1, 0.15) is 6.10 Å². The van der Waals surface area contributed by atoms with E-state index in [9.17, 15) is 9.90 Å². The first-order valence-corrected chi connectivity index (χ1v) is 7.89. The van der Waals surface area contributed by atoms with E-state index < -0.39 is 11.5 Å². The molecule has 1 aliphatic heterocycles. The monoisotopic (exact) mass is 327 g/mol. The zero-order valence-corrected chi connectivity index (χ0v) is 13.7. The van der Waals surface area contributed by atoms with Gasteiger partial charge in [0.15, 0.2) is 11.3 Å². The Morgan fingerprint density at radius 1 is 1.33 bits per heavy atom. The number of fused-ring (bicyclic) bond motifs is 1. The zero-order chi connectivity index (χ0) is 17.3. The number of aromatic nitrogens is 1. The topological polar surface area (TPSA) is 82.5 Å². The van der Waals surface area contributed by atoms with Crippen LogP contribution in [0.2, 0.25) is 0 Å². The van der Waals surface area contributed by atoms with Crippen LogP contribution < -0.4 is 10.2 Å². The highest BCUT2D eigenvalue weighted by atomic mass is 16.5. The third-order valence-corrected chi connectivity index (χ3v) is 4.67. The Balaban J connectivity index is 2.17. The second-order valence-electron chi connectivity index (χ2n) is 6.31. The molecule has 0 amide bonds. The van der Waals surface area contributed by atoms with Crippen LogP contribution in [-0.4, -0.2) is 34.5 Å². The number of pyridine rings is 1. The molecule has 5 nitrogen and oxygen atoms in total. The van der Waals surface area contributed by atoms with Crippen molar-refractivity contribution in [2.45, 2.75) is 25.4 Å². The highest BCUT2D eigenvalue weighted by Crippen LogP contribution is 2.42. The lowest BCUT2D eigenvalue weighted by atomic mass is 9.77. The maximum Gasteiger partial charge on any atom is 0.199 e. The molecule has 1 aromatic carbocycles. The van der Waals surface area contributed by atoms with Gasteiger partial charge in [-0.05, 0) is 25.0 Å². The maximum atomic E-state index is 13.1. The molecule has 2 heterocycles. The lowest BCUT2D eigenvalue weighted by Gasteiger charge is -2.28. The van der Waals surface area contributed by atoms with E-state index >= 15 is 0 Å². The van der Waals surface area contributed by atoms with Gasteiger partial charge in [-0.2, -0.15) is 0 Å². The minimum absolute atomic E-state index is 0.118. The Morgan fingerprint density at radius 2 is 2.04 bits per heavy atom. The van der Waals surface area contributed by atoms with E-state index in [2.05, 4.69) is 4.98 Å². The smallest absolute Gasteiger partial charge is 0.199 e. The summed E-state index contributed by atoms with van der Waals surface area (Å²) >= 11 is 0. The van der Waals surface area contributed by atoms with Gasteiger partial charge in [0, 0.05) is 11.8 Å². The number of aliphatic hydroxyl groups excluding tert-OH is 2. The summed E-state index contributed by atoms with van der Waals surface area (Å²) in [6.45, 7) is 3.28. The molecule has 0 saturated heterocycles. The van der Waals surface area contributed by atoms with Crippen LogP contribution in [0.25, 0.3) is 11.1 Å². The summed E-state index contributed by atoms with van der Waals surface area (Å²) in [5, 5.41) is 19.2. The second-order valence-corrected chi connectivity index (χ2v) is 6.31. The van der Waals surface area contributed by atoms with Crippen LogP contribution in [0.1, 0.15) is 19.4 Å². The number of hydrogen-bond donors (Lipinski definition) is 3. The average Bonchev–Trinajstić information content (AvgIpc) is 2.90. The highest BCUT2D eigenvalue weighted by molar-refractivity contribution is 5.65. The normalized spacial score (nSPS) is 23.0. The van der Waals surface area contributed by atoms with E-state index in [1.165, 1.54) is 0 Å². The molecule has 0 radical (unpaired) electrons. The fourth-order valence-electron chi connectivity index (χ4n) is 3.34. The molecule has 3 N–H and O–H groups in total. The number of benzene rings is 1. The van der Waals surface area contributed by atoms with Crippen molar-refractivity contribution in [3.05, 3.63) is 64.0 Å². The standard InChI is InChI=1S/C19H21NO4/c1-12(8-9-21)17-19(2,11-22)15-16(23)14(10-20-18(15)24-17)13-6-4-3-5-7-13/h3-8,10,17,21-22H,9,11H2,1-2H3,(H,20,23). The highest BCUT2D eigenvalue weighted by Gasteiger charge is 2.48. The molecule has 1 aliphatic rings. The SMILES string of the molecule is CC(=CCO)C1Oc2[nH]cc(-c3ccccc3)c(=O)c2C1(C)CO. The molecule has 2 unspecified atom stereocenters. The van der Waals surface area contributed by atoms with E-state index in [4.69, 9.17) is 9.84 Å². The Hall–Kier alpha value is -2.37. The summed E-state index contributed by atoms with van der Waals surface area (Å²) in [7, 11) is 0. The quantitative estimate of drug-likeness (QED) is 0.750. The van der Waals surface area contributed by atoms with E-state index in [0.29, 0.717) is 17.0 Å². The van der Waals surface area contributed by atoms with Crippen LogP contribution in [-0.2, 0) is 5.41 Å². The number of H-pyrrole nitrogens is 1. The first-order valence-electron chi connectivity index (χ1n) is 7.89. The molecule has 5 heteroatoms. The Kier molecular flexibility index (Phi) is 4.30. The first-order chi connectivity index (χ1) is 11.5. The van der Waals surface area contributed by atoms with Crippen LogP contribution >= 0.6 is 0 Å². The minimum atomic E-state index is -0.872. The summed E-state index contributed by atoms with van der Waals surface area (Å²) < 4.78 is 5.90. The number of ether oxygens (including phenoxy) is 1. The number of nitrogens with one attached hydrogen (secondary N) is 1. The van der Waals surface area contributed by atoms with Crippen molar-refractivity contribution in [3.8, 4) is 17.0 Å². The van der Waals surface area contributed by atoms with Gasteiger partial charge in [-0.3, -0.25) is 4.79 Å². The van der Waals surface area contributed by atoms with Crippen molar-refractivity contribution in [1.29, 1.82) is 0 Å². The molecule has 3 rings (SSSR count). The average molecular weight is 327 g/mol. The van der Waals surface area contributed by atoms with E-state index in [1.807, 2.05) is 44.2 Å². The molecule has 24 heavy (non-hydrogen) atoms. The fourth-order valence-corrected chi connectivity index (χ4v) is 3.34. The maximum absolute atomic E-state index is 13.1. The van der Waals surface area contributed by atoms with Crippen LogP contribution in [0.3, 0.4) is 0 Å². The van der Waals surface area contributed by atoms with Gasteiger partial charge in [-0.15, -0.1) is 0 Å². The van der Waals surface area contributed by atoms with Gasteiger partial charge >= 0.3 is 0 Å². The Morgan fingerprint density at radius 3 is 2.67 bits per heavy atom. The summed E-state index contributed by atoms with van der Waals surface area (Å²) in [4.78, 5) is 16.1. The van der Waals surface area contributed by atoms with Crippen molar-refractivity contribution >= 4 is 0 Å². The van der Waals surface area contributed by atoms with Crippen LogP contribution in [0.15, 0.2) is 53.0 Å². The first kappa shape index (κ1) is 16.5. The molecule has 126 valence electrons. The van der Waals surface area contributed by atoms with E-state index in [0.717, 1.165) is 11.1 Å². The van der Waals surface area contributed by atoms with Gasteiger partial charge < -0.3 is 19.9 Å². The molecule has 0 bridgehead atoms. The molecule has 0 fully saturated rings. The lowest BCUT2D eigenvalue weighted by Crippen LogP contribution is -2.42. The molecular weight excluding hydrogens is 306 g/mol. The van der Waals surface area contributed by atoms with Crippen LogP contribution in [0.5, 0.6) is 5.88 Å². The third kappa shape index (κ3) is 2.46. The molecule has 2 aromatic rings. The predicted octanol–water partition coefficient (Wildman–Crippen LogP) is 1.99. The minimum Gasteiger partial charge on any atom is -0.470 e. The van der Waals surface area contributed by atoms with Crippen LogP contribution in [0.4, 0.5) is 0 Å². The molecular formula is C19H21NO4. The third-order valence-electron chi connectivity index (χ3n) is 4.67. The molecule has 1 aromatic heterocycles. The predicted molar refractivity (Wildman–Crippen MR) is 92.2 cm³/mol. The van der Waals surface area contributed by atoms with Gasteiger partial charge in [0.05, 0.1) is 24.2 Å². The van der Waals surface area contributed by atoms with Crippen molar-refractivity contribution < 1.29 is 14.9 Å². The van der Waals surface area contributed by atoms with Crippen molar-refractivity contribution in [2.24, 2.45) is 0 Å². The van der Waals surface area contributed by atoms with Crippen molar-refractivity contribution in [1.82, 2.24) is 4.98 Å². The Labute approximate surface area is 140 Å². The second kappa shape index (κ2) is 6.26. The van der Waals surface area contributed by atoms with Gasteiger partial charge in [-0.25, -0.2) is 0 Å². The summed E-state index contributed by atoms with van der Waals surface area (Å²) in [5.41, 5.74) is 1.56. The van der Waals surface area contributed by atoms with Gasteiger partial charge in [0.25, 0.3) is 0 Å². The number of aromatic amines is 1. The van der Waals surface area contributed by atoms with Crippen molar-refractivity contribution in [2.75, 3.05) is 13.2 Å². The van der Waals surface area contributed by atoms with Crippen LogP contribution in [0, 0.1) is 0 Å². The largest absolute Gasteiger partial charge is 0.470 e. The fraction of sp³-hybridized carbons (Fsp3) is 0.316. The molecule has 2 atom stereocenters. The van der Waals surface area contributed by atoms with E-state index in [1.54, 1.807) is 12.3 Å². The van der Waals surface area contributed by atoms with E-state index in [-0.39, 0.29) is 18.6 Å².